The van der Waals surface area contributed by atoms with Crippen LogP contribution in [0.4, 0.5) is 0 Å². The van der Waals surface area contributed by atoms with E-state index in [1.807, 2.05) is 0 Å². The number of carbonyl (C=O) groups is 1. The van der Waals surface area contributed by atoms with Crippen LogP contribution in [0.3, 0.4) is 0 Å². The topological polar surface area (TPSA) is 35.5 Å². The Kier molecular flexibility index (Phi) is 6.82. The van der Waals surface area contributed by atoms with E-state index < -0.39 is 5.79 Å². The van der Waals surface area contributed by atoms with Crippen molar-refractivity contribution >= 4 is 6.29 Å². The second kappa shape index (κ2) is 7.04. The van der Waals surface area contributed by atoms with Crippen molar-refractivity contribution in [2.45, 2.75) is 44.8 Å². The Morgan fingerprint density at radius 2 is 1.77 bits per heavy atom. The van der Waals surface area contributed by atoms with Gasteiger partial charge < -0.3 is 9.47 Å². The Hall–Kier alpha value is -0.410. The van der Waals surface area contributed by atoms with Crippen molar-refractivity contribution < 1.29 is 14.3 Å². The van der Waals surface area contributed by atoms with Crippen molar-refractivity contribution in [3.05, 3.63) is 0 Å². The van der Waals surface area contributed by atoms with Crippen molar-refractivity contribution in [1.29, 1.82) is 0 Å². The van der Waals surface area contributed by atoms with Crippen molar-refractivity contribution in [3.8, 4) is 0 Å². The third-order valence-electron chi connectivity index (χ3n) is 2.25. The van der Waals surface area contributed by atoms with Crippen LogP contribution in [-0.2, 0) is 14.3 Å². The van der Waals surface area contributed by atoms with Gasteiger partial charge in [-0.3, -0.25) is 4.79 Å². The molecule has 0 heterocycles. The van der Waals surface area contributed by atoms with Crippen LogP contribution in [0.2, 0.25) is 0 Å². The van der Waals surface area contributed by atoms with Crippen LogP contribution in [0.25, 0.3) is 0 Å². The molecule has 0 saturated heterocycles. The monoisotopic (exact) mass is 188 g/mol. The van der Waals surface area contributed by atoms with E-state index in [0.29, 0.717) is 6.42 Å². The first-order valence-electron chi connectivity index (χ1n) is 4.81. The molecule has 0 radical (unpaired) electrons. The summed E-state index contributed by atoms with van der Waals surface area (Å²) in [5.74, 6) is -1.01. The minimum Gasteiger partial charge on any atom is -0.347 e. The van der Waals surface area contributed by atoms with Crippen LogP contribution in [-0.4, -0.2) is 26.3 Å². The largest absolute Gasteiger partial charge is 0.347 e. The van der Waals surface area contributed by atoms with Gasteiger partial charge in [0.1, 0.15) is 0 Å². The third kappa shape index (κ3) is 4.39. The predicted octanol–water partition coefficient (Wildman–Crippen LogP) is 2.14. The quantitative estimate of drug-likeness (QED) is 0.332. The van der Waals surface area contributed by atoms with E-state index in [1.54, 1.807) is 0 Å². The van der Waals surface area contributed by atoms with E-state index in [2.05, 4.69) is 6.92 Å². The molecule has 0 fully saturated rings. The van der Waals surface area contributed by atoms with Crippen molar-refractivity contribution in [2.75, 3.05) is 14.2 Å². The summed E-state index contributed by atoms with van der Waals surface area (Å²) in [4.78, 5) is 10.7. The molecule has 0 aliphatic rings. The Bertz CT molecular complexity index is 130. The molecule has 0 atom stereocenters. The van der Waals surface area contributed by atoms with E-state index in [-0.39, 0.29) is 0 Å². The molecule has 3 nitrogen and oxygen atoms in total. The molecule has 0 aromatic rings. The third-order valence-corrected chi connectivity index (χ3v) is 2.25. The molecule has 3 heteroatoms. The van der Waals surface area contributed by atoms with Gasteiger partial charge in [0.15, 0.2) is 6.29 Å². The highest BCUT2D eigenvalue weighted by Crippen LogP contribution is 2.17. The molecule has 0 unspecified atom stereocenters. The number of hydrogen-bond donors (Lipinski definition) is 0. The van der Waals surface area contributed by atoms with E-state index in [9.17, 15) is 4.79 Å². The van der Waals surface area contributed by atoms with Gasteiger partial charge in [0.2, 0.25) is 5.79 Å². The molecule has 78 valence electrons. The molecule has 0 aliphatic carbocycles. The number of methoxy groups -OCH3 is 2. The van der Waals surface area contributed by atoms with Crippen LogP contribution in [0.5, 0.6) is 0 Å². The van der Waals surface area contributed by atoms with Gasteiger partial charge in [0, 0.05) is 20.6 Å². The first-order valence-corrected chi connectivity index (χ1v) is 4.81. The zero-order valence-corrected chi connectivity index (χ0v) is 8.84. The van der Waals surface area contributed by atoms with Crippen LogP contribution in [0.1, 0.15) is 39.0 Å². The van der Waals surface area contributed by atoms with Crippen LogP contribution >= 0.6 is 0 Å². The smallest absolute Gasteiger partial charge is 0.225 e. The molecule has 0 rings (SSSR count). The number of ether oxygens (including phenoxy) is 2. The molecule has 13 heavy (non-hydrogen) atoms. The van der Waals surface area contributed by atoms with E-state index in [0.717, 1.165) is 19.1 Å². The highest BCUT2D eigenvalue weighted by atomic mass is 16.7. The highest BCUT2D eigenvalue weighted by Gasteiger charge is 2.27. The summed E-state index contributed by atoms with van der Waals surface area (Å²) >= 11 is 0. The lowest BCUT2D eigenvalue weighted by atomic mass is 10.1. The fraction of sp³-hybridized carbons (Fsp3) is 0.900. The van der Waals surface area contributed by atoms with Gasteiger partial charge in [-0.15, -0.1) is 0 Å². The lowest BCUT2D eigenvalue weighted by Crippen LogP contribution is -2.35. The summed E-state index contributed by atoms with van der Waals surface area (Å²) in [6, 6.07) is 0. The lowest BCUT2D eigenvalue weighted by molar-refractivity contribution is -0.198. The van der Waals surface area contributed by atoms with Crippen LogP contribution < -0.4 is 0 Å². The highest BCUT2D eigenvalue weighted by molar-refractivity contribution is 5.59. The first-order chi connectivity index (χ1) is 6.24. The zero-order valence-electron chi connectivity index (χ0n) is 8.84. The van der Waals surface area contributed by atoms with Gasteiger partial charge in [0.05, 0.1) is 0 Å². The zero-order chi connectivity index (χ0) is 10.2. The second-order valence-electron chi connectivity index (χ2n) is 3.15. The standard InChI is InChI=1S/C10H20O3/c1-4-5-6-7-8-10(9-11,12-2)13-3/h9H,4-8H2,1-3H3. The average molecular weight is 188 g/mol. The first kappa shape index (κ1) is 12.6. The summed E-state index contributed by atoms with van der Waals surface area (Å²) < 4.78 is 10.1. The number of rotatable bonds is 8. The molecular weight excluding hydrogens is 168 g/mol. The predicted molar refractivity (Wildman–Crippen MR) is 51.6 cm³/mol. The minimum absolute atomic E-state index is 0.642. The summed E-state index contributed by atoms with van der Waals surface area (Å²) in [6.45, 7) is 2.15. The van der Waals surface area contributed by atoms with Gasteiger partial charge >= 0.3 is 0 Å². The number of hydrogen-bond acceptors (Lipinski definition) is 3. The SMILES string of the molecule is CCCCCCC(C=O)(OC)OC. The summed E-state index contributed by atoms with van der Waals surface area (Å²) in [7, 11) is 3.00. The van der Waals surface area contributed by atoms with Gasteiger partial charge in [0.25, 0.3) is 0 Å². The normalized spacial score (nSPS) is 11.6. The molecular formula is C10H20O3. The minimum atomic E-state index is -1.01. The van der Waals surface area contributed by atoms with Gasteiger partial charge in [-0.05, 0) is 6.42 Å². The summed E-state index contributed by atoms with van der Waals surface area (Å²) in [6.07, 6.45) is 5.85. The molecule has 0 bridgehead atoms. The Labute approximate surface area is 80.4 Å². The van der Waals surface area contributed by atoms with E-state index in [1.165, 1.54) is 27.1 Å². The molecule has 0 spiro atoms. The van der Waals surface area contributed by atoms with Crippen molar-refractivity contribution in [1.82, 2.24) is 0 Å². The molecule has 0 saturated carbocycles. The molecule has 0 N–H and O–H groups in total. The summed E-state index contributed by atoms with van der Waals surface area (Å²) in [5, 5.41) is 0. The molecule has 0 aromatic carbocycles. The molecule has 0 aromatic heterocycles. The maximum atomic E-state index is 10.7. The fourth-order valence-electron chi connectivity index (χ4n) is 1.24. The van der Waals surface area contributed by atoms with Gasteiger partial charge in [-0.2, -0.15) is 0 Å². The number of aldehydes is 1. The number of carbonyl (C=O) groups excluding carboxylic acids is 1. The van der Waals surface area contributed by atoms with Gasteiger partial charge in [-0.1, -0.05) is 26.2 Å². The molecule has 0 amide bonds. The maximum Gasteiger partial charge on any atom is 0.225 e. The van der Waals surface area contributed by atoms with Crippen molar-refractivity contribution in [3.63, 3.8) is 0 Å². The number of unbranched alkanes of at least 4 members (excludes halogenated alkanes) is 3. The van der Waals surface area contributed by atoms with Crippen LogP contribution in [0.15, 0.2) is 0 Å². The Morgan fingerprint density at radius 1 is 1.15 bits per heavy atom. The van der Waals surface area contributed by atoms with Crippen molar-refractivity contribution in [2.24, 2.45) is 0 Å². The Balaban J connectivity index is 3.75. The summed E-state index contributed by atoms with van der Waals surface area (Å²) in [5.41, 5.74) is 0. The second-order valence-corrected chi connectivity index (χ2v) is 3.15. The lowest BCUT2D eigenvalue weighted by Gasteiger charge is -2.24. The fourth-order valence-corrected chi connectivity index (χ4v) is 1.24. The Morgan fingerprint density at radius 3 is 2.15 bits per heavy atom. The van der Waals surface area contributed by atoms with Gasteiger partial charge in [-0.25, -0.2) is 0 Å². The van der Waals surface area contributed by atoms with E-state index >= 15 is 0 Å². The average Bonchev–Trinajstić information content (AvgIpc) is 2.20. The maximum absolute atomic E-state index is 10.7. The van der Waals surface area contributed by atoms with Crippen LogP contribution in [0, 0.1) is 0 Å². The molecule has 0 aliphatic heterocycles. The van der Waals surface area contributed by atoms with E-state index in [4.69, 9.17) is 9.47 Å².